The predicted molar refractivity (Wildman–Crippen MR) is 140 cm³/mol. The summed E-state index contributed by atoms with van der Waals surface area (Å²) in [7, 11) is -1.15. The van der Waals surface area contributed by atoms with Crippen molar-refractivity contribution in [3.8, 4) is 0 Å². The molecule has 4 aromatic rings. The van der Waals surface area contributed by atoms with Crippen LogP contribution in [0.2, 0.25) is 25.7 Å². The zero-order valence-electron chi connectivity index (χ0n) is 19.6. The summed E-state index contributed by atoms with van der Waals surface area (Å²) in [6, 6.07) is 27.1. The maximum Gasteiger partial charge on any atom is 0.140 e. The number of hydrogen-bond acceptors (Lipinski definition) is 3. The van der Waals surface area contributed by atoms with Crippen LogP contribution in [0.15, 0.2) is 78.9 Å². The molecule has 0 radical (unpaired) electrons. The molecule has 0 amide bonds. The van der Waals surface area contributed by atoms with Crippen LogP contribution < -0.4 is 0 Å². The van der Waals surface area contributed by atoms with Crippen LogP contribution in [0.3, 0.4) is 0 Å². The number of rotatable bonds is 9. The largest absolute Gasteiger partial charge is 0.384 e. The summed E-state index contributed by atoms with van der Waals surface area (Å²) < 4.78 is 7.92. The van der Waals surface area contributed by atoms with E-state index in [1.54, 1.807) is 0 Å². The molecule has 1 heterocycles. The van der Waals surface area contributed by atoms with Gasteiger partial charge in [0, 0.05) is 20.1 Å². The lowest BCUT2D eigenvalue weighted by atomic mass is 10.00. The first-order valence-electron chi connectivity index (χ1n) is 11.4. The van der Waals surface area contributed by atoms with Gasteiger partial charge < -0.3 is 9.84 Å². The van der Waals surface area contributed by atoms with Gasteiger partial charge in [0.1, 0.15) is 12.8 Å². The molecule has 1 N–H and O–H groups in total. The fraction of sp³-hybridized carbons (Fsp3) is 0.250. The van der Waals surface area contributed by atoms with E-state index in [9.17, 15) is 5.11 Å². The third kappa shape index (κ3) is 6.08. The Kier molecular flexibility index (Phi) is 7.23. The molecular weight excluding hydrogens is 424 g/mol. The van der Waals surface area contributed by atoms with E-state index in [1.165, 1.54) is 0 Å². The molecule has 33 heavy (non-hydrogen) atoms. The van der Waals surface area contributed by atoms with E-state index in [1.807, 2.05) is 77.5 Å². The lowest BCUT2D eigenvalue weighted by Gasteiger charge is -2.15. The molecule has 4 nitrogen and oxygen atoms in total. The predicted octanol–water partition coefficient (Wildman–Crippen LogP) is 6.60. The van der Waals surface area contributed by atoms with Gasteiger partial charge in [-0.2, -0.15) is 5.10 Å². The third-order valence-corrected chi connectivity index (χ3v) is 7.38. The van der Waals surface area contributed by atoms with Gasteiger partial charge in [-0.3, -0.25) is 0 Å². The highest BCUT2D eigenvalue weighted by Crippen LogP contribution is 2.28. The van der Waals surface area contributed by atoms with Crippen molar-refractivity contribution in [1.29, 1.82) is 0 Å². The normalized spacial score (nSPS) is 13.1. The van der Waals surface area contributed by atoms with Crippen LogP contribution in [0.25, 0.3) is 23.1 Å². The molecule has 3 aromatic carbocycles. The zero-order chi connectivity index (χ0) is 23.3. The van der Waals surface area contributed by atoms with E-state index in [-0.39, 0.29) is 0 Å². The molecular formula is C28H32N2O2Si. The van der Waals surface area contributed by atoms with Crippen LogP contribution in [0.5, 0.6) is 0 Å². The van der Waals surface area contributed by atoms with Crippen LogP contribution in [0.4, 0.5) is 0 Å². The average molecular weight is 457 g/mol. The van der Waals surface area contributed by atoms with Gasteiger partial charge in [0.25, 0.3) is 0 Å². The van der Waals surface area contributed by atoms with Crippen molar-refractivity contribution < 1.29 is 9.84 Å². The minimum atomic E-state index is -1.15. The zero-order valence-corrected chi connectivity index (χ0v) is 20.6. The Bertz CT molecular complexity index is 1210. The van der Waals surface area contributed by atoms with Crippen LogP contribution in [0, 0.1) is 0 Å². The summed E-state index contributed by atoms with van der Waals surface area (Å²) in [6.45, 7) is 8.18. The Morgan fingerprint density at radius 2 is 1.61 bits per heavy atom. The number of benzene rings is 3. The van der Waals surface area contributed by atoms with Gasteiger partial charge in [-0.25, -0.2) is 4.68 Å². The minimum Gasteiger partial charge on any atom is -0.384 e. The molecule has 4 rings (SSSR count). The van der Waals surface area contributed by atoms with E-state index in [2.05, 4.69) is 37.8 Å². The first-order valence-corrected chi connectivity index (χ1v) is 15.2. The lowest BCUT2D eigenvalue weighted by molar-refractivity contribution is 0.0816. The lowest BCUT2D eigenvalue weighted by Crippen LogP contribution is -2.22. The van der Waals surface area contributed by atoms with Gasteiger partial charge in [0.15, 0.2) is 0 Å². The standard InChI is InChI=1S/C28H32N2O2Si/c1-33(2,3)19-18-32-21-30-27-20-24(28(31)23-12-8-5-9-13-23)15-16-25(27)26(29-30)17-14-22-10-6-4-7-11-22/h4-17,20,28,31H,18-19,21H2,1-3H3. The Morgan fingerprint density at radius 1 is 0.909 bits per heavy atom. The Balaban J connectivity index is 1.65. The number of nitrogens with zero attached hydrogens (tertiary/aromatic N) is 2. The number of aromatic nitrogens is 2. The van der Waals surface area contributed by atoms with Crippen molar-refractivity contribution in [3.05, 3.63) is 101 Å². The highest BCUT2D eigenvalue weighted by molar-refractivity contribution is 6.76. The first-order chi connectivity index (χ1) is 15.9. The monoisotopic (exact) mass is 456 g/mol. The summed E-state index contributed by atoms with van der Waals surface area (Å²) in [5.74, 6) is 0. The summed E-state index contributed by atoms with van der Waals surface area (Å²) >= 11 is 0. The van der Waals surface area contributed by atoms with Crippen molar-refractivity contribution in [2.24, 2.45) is 0 Å². The highest BCUT2D eigenvalue weighted by atomic mass is 28.3. The van der Waals surface area contributed by atoms with Gasteiger partial charge in [-0.15, -0.1) is 0 Å². The summed E-state index contributed by atoms with van der Waals surface area (Å²) in [4.78, 5) is 0. The number of fused-ring (bicyclic) bond motifs is 1. The molecule has 0 aliphatic carbocycles. The molecule has 0 fully saturated rings. The average Bonchev–Trinajstić information content (AvgIpc) is 3.17. The van der Waals surface area contributed by atoms with E-state index in [0.717, 1.165) is 45.9 Å². The second kappa shape index (κ2) is 10.3. The van der Waals surface area contributed by atoms with Crippen molar-refractivity contribution in [2.75, 3.05) is 6.61 Å². The molecule has 1 unspecified atom stereocenters. The van der Waals surface area contributed by atoms with Gasteiger partial charge >= 0.3 is 0 Å². The minimum absolute atomic E-state index is 0.394. The Hall–Kier alpha value is -2.99. The van der Waals surface area contributed by atoms with Crippen LogP contribution in [-0.4, -0.2) is 29.6 Å². The quantitative estimate of drug-likeness (QED) is 0.228. The molecule has 0 saturated heterocycles. The Morgan fingerprint density at radius 3 is 2.30 bits per heavy atom. The number of aliphatic hydroxyl groups excluding tert-OH is 1. The van der Waals surface area contributed by atoms with Crippen molar-refractivity contribution >= 4 is 31.1 Å². The molecule has 0 bridgehead atoms. The fourth-order valence-corrected chi connectivity index (χ4v) is 4.46. The van der Waals surface area contributed by atoms with Gasteiger partial charge in [0.05, 0.1) is 11.2 Å². The van der Waals surface area contributed by atoms with Crippen molar-refractivity contribution in [3.63, 3.8) is 0 Å². The van der Waals surface area contributed by atoms with E-state index < -0.39 is 14.2 Å². The second-order valence-corrected chi connectivity index (χ2v) is 15.2. The van der Waals surface area contributed by atoms with Gasteiger partial charge in [-0.1, -0.05) is 98.5 Å². The van der Waals surface area contributed by atoms with Crippen molar-refractivity contribution in [2.45, 2.75) is 38.5 Å². The summed E-state index contributed by atoms with van der Waals surface area (Å²) in [5.41, 5.74) is 4.70. The van der Waals surface area contributed by atoms with Crippen LogP contribution in [0.1, 0.15) is 28.5 Å². The molecule has 170 valence electrons. The second-order valence-electron chi connectivity index (χ2n) is 9.57. The van der Waals surface area contributed by atoms with Gasteiger partial charge in [0.2, 0.25) is 0 Å². The molecule has 0 aliphatic heterocycles. The van der Waals surface area contributed by atoms with E-state index in [4.69, 9.17) is 9.84 Å². The van der Waals surface area contributed by atoms with Crippen molar-refractivity contribution in [1.82, 2.24) is 9.78 Å². The molecule has 0 saturated carbocycles. The molecule has 0 aliphatic rings. The van der Waals surface area contributed by atoms with Crippen LogP contribution >= 0.6 is 0 Å². The number of ether oxygens (including phenoxy) is 1. The molecule has 1 aromatic heterocycles. The summed E-state index contributed by atoms with van der Waals surface area (Å²) in [5, 5.41) is 16.8. The molecule has 0 spiro atoms. The number of hydrogen-bond donors (Lipinski definition) is 1. The van der Waals surface area contributed by atoms with E-state index >= 15 is 0 Å². The fourth-order valence-electron chi connectivity index (χ4n) is 3.70. The Labute approximate surface area is 197 Å². The van der Waals surface area contributed by atoms with E-state index in [0.29, 0.717) is 6.73 Å². The topological polar surface area (TPSA) is 47.3 Å². The maximum absolute atomic E-state index is 10.9. The maximum atomic E-state index is 10.9. The molecule has 5 heteroatoms. The number of aliphatic hydroxyl groups is 1. The third-order valence-electron chi connectivity index (χ3n) is 5.68. The van der Waals surface area contributed by atoms with Gasteiger partial charge in [-0.05, 0) is 34.9 Å². The SMILES string of the molecule is C[Si](C)(C)CCOCn1nc(C=Cc2ccccc2)c2ccc(C(O)c3ccccc3)cc21. The molecule has 1 atom stereocenters. The summed E-state index contributed by atoms with van der Waals surface area (Å²) in [6.07, 6.45) is 3.43. The smallest absolute Gasteiger partial charge is 0.140 e. The first kappa shape index (κ1) is 23.2. The van der Waals surface area contributed by atoms with Crippen LogP contribution in [-0.2, 0) is 11.5 Å². The highest BCUT2D eigenvalue weighted by Gasteiger charge is 2.16.